The van der Waals surface area contributed by atoms with Crippen molar-refractivity contribution in [3.8, 4) is 0 Å². The molecule has 1 atom stereocenters. The van der Waals surface area contributed by atoms with Gasteiger partial charge in [-0.3, -0.25) is 14.9 Å². The first-order chi connectivity index (χ1) is 6.65. The van der Waals surface area contributed by atoms with Gasteiger partial charge >= 0.3 is 0 Å². The monoisotopic (exact) mass is 192 g/mol. The summed E-state index contributed by atoms with van der Waals surface area (Å²) >= 11 is 0. The molecule has 4 nitrogen and oxygen atoms in total. The number of hydrogen-bond acceptors (Lipinski definition) is 3. The summed E-state index contributed by atoms with van der Waals surface area (Å²) < 4.78 is 0. The maximum absolute atomic E-state index is 10.4. The smallest absolute Gasteiger partial charge is 0.269 e. The summed E-state index contributed by atoms with van der Waals surface area (Å²) in [5.41, 5.74) is 0.981. The summed E-state index contributed by atoms with van der Waals surface area (Å²) in [4.78, 5) is 20.0. The van der Waals surface area contributed by atoms with Crippen molar-refractivity contribution < 1.29 is 9.72 Å². The average Bonchev–Trinajstić information content (AvgIpc) is 2.18. The average molecular weight is 192 g/mol. The van der Waals surface area contributed by atoms with Crippen molar-refractivity contribution >= 4 is 12.0 Å². The summed E-state index contributed by atoms with van der Waals surface area (Å²) in [7, 11) is 0. The molecule has 73 valence electrons. The molecule has 0 amide bonds. The third-order valence-corrected chi connectivity index (χ3v) is 2.06. The Morgan fingerprint density at radius 2 is 2.00 bits per heavy atom. The van der Waals surface area contributed by atoms with Crippen LogP contribution in [0.3, 0.4) is 0 Å². The molecule has 0 bridgehead atoms. The molecule has 0 aromatic heterocycles. The highest BCUT2D eigenvalue weighted by Crippen LogP contribution is 2.20. The van der Waals surface area contributed by atoms with E-state index >= 15 is 0 Å². The molecule has 0 saturated carbocycles. The molecular formula is C10H10NO3. The lowest BCUT2D eigenvalue weighted by Crippen LogP contribution is -1.95. The quantitative estimate of drug-likeness (QED) is 0.542. The molecule has 0 N–H and O–H groups in total. The molecule has 0 heterocycles. The molecule has 14 heavy (non-hydrogen) atoms. The van der Waals surface area contributed by atoms with Crippen molar-refractivity contribution in [3.05, 3.63) is 39.9 Å². The lowest BCUT2D eigenvalue weighted by molar-refractivity contribution is -0.384. The first-order valence-corrected chi connectivity index (χ1v) is 4.24. The Morgan fingerprint density at radius 1 is 1.43 bits per heavy atom. The zero-order valence-corrected chi connectivity index (χ0v) is 7.77. The minimum absolute atomic E-state index is 0.0632. The molecule has 1 aromatic rings. The van der Waals surface area contributed by atoms with Crippen LogP contribution in [0.25, 0.3) is 0 Å². The molecule has 1 radical (unpaired) electrons. The Labute approximate surface area is 81.7 Å². The second-order valence-electron chi connectivity index (χ2n) is 3.10. The number of carbonyl (C=O) groups excluding carboxylic acids is 1. The van der Waals surface area contributed by atoms with Crippen LogP contribution in [-0.2, 0) is 4.79 Å². The molecular weight excluding hydrogens is 182 g/mol. The standard InChI is InChI=1S/C10H10NO3/c1-8(6-7-12)9-2-4-10(5-3-9)11(13)14/h2-5,8H,6H2,1H3. The maximum atomic E-state index is 10.4. The third-order valence-electron chi connectivity index (χ3n) is 2.06. The van der Waals surface area contributed by atoms with Crippen LogP contribution >= 0.6 is 0 Å². The summed E-state index contributed by atoms with van der Waals surface area (Å²) in [5.74, 6) is 0.0632. The number of hydrogen-bond donors (Lipinski definition) is 0. The van der Waals surface area contributed by atoms with Gasteiger partial charge in [0.05, 0.1) is 4.92 Å². The molecule has 1 aromatic carbocycles. The third kappa shape index (κ3) is 2.39. The topological polar surface area (TPSA) is 60.2 Å². The Morgan fingerprint density at radius 3 is 2.43 bits per heavy atom. The highest BCUT2D eigenvalue weighted by atomic mass is 16.6. The van der Waals surface area contributed by atoms with Gasteiger partial charge in [0.25, 0.3) is 5.69 Å². The van der Waals surface area contributed by atoms with Gasteiger partial charge in [0.15, 0.2) is 6.29 Å². The molecule has 0 fully saturated rings. The van der Waals surface area contributed by atoms with E-state index in [1.807, 2.05) is 13.2 Å². The van der Waals surface area contributed by atoms with Crippen LogP contribution < -0.4 is 0 Å². The summed E-state index contributed by atoms with van der Waals surface area (Å²) in [6, 6.07) is 6.22. The lowest BCUT2D eigenvalue weighted by atomic mass is 9.98. The van der Waals surface area contributed by atoms with Gasteiger partial charge in [0.2, 0.25) is 0 Å². The molecule has 0 aliphatic heterocycles. The largest absolute Gasteiger partial charge is 0.291 e. The van der Waals surface area contributed by atoms with Crippen LogP contribution in [0.15, 0.2) is 24.3 Å². The van der Waals surface area contributed by atoms with E-state index in [4.69, 9.17) is 0 Å². The van der Waals surface area contributed by atoms with Gasteiger partial charge in [-0.1, -0.05) is 19.1 Å². The van der Waals surface area contributed by atoms with Gasteiger partial charge in [-0.25, -0.2) is 0 Å². The Kier molecular flexibility index (Phi) is 3.34. The number of nitro groups is 1. The number of benzene rings is 1. The Bertz CT molecular complexity index is 332. The SMILES string of the molecule is CC(C[C]=O)c1ccc([N+](=O)[O-])cc1. The predicted molar refractivity (Wildman–Crippen MR) is 51.8 cm³/mol. The van der Waals surface area contributed by atoms with E-state index in [1.54, 1.807) is 12.1 Å². The lowest BCUT2D eigenvalue weighted by Gasteiger charge is -2.06. The van der Waals surface area contributed by atoms with E-state index in [-0.39, 0.29) is 11.6 Å². The van der Waals surface area contributed by atoms with Crippen molar-refractivity contribution in [2.75, 3.05) is 0 Å². The van der Waals surface area contributed by atoms with Crippen LogP contribution in [0.5, 0.6) is 0 Å². The van der Waals surface area contributed by atoms with Crippen LogP contribution in [-0.4, -0.2) is 11.2 Å². The first-order valence-electron chi connectivity index (χ1n) is 4.24. The van der Waals surface area contributed by atoms with E-state index in [0.29, 0.717) is 6.42 Å². The zero-order valence-electron chi connectivity index (χ0n) is 7.77. The van der Waals surface area contributed by atoms with Gasteiger partial charge in [-0.05, 0) is 11.5 Å². The van der Waals surface area contributed by atoms with Gasteiger partial charge in [0.1, 0.15) is 0 Å². The minimum atomic E-state index is -0.444. The van der Waals surface area contributed by atoms with Gasteiger partial charge in [0, 0.05) is 18.6 Å². The van der Waals surface area contributed by atoms with Crippen molar-refractivity contribution in [1.29, 1.82) is 0 Å². The molecule has 1 unspecified atom stereocenters. The Hall–Kier alpha value is -1.71. The first kappa shape index (κ1) is 10.4. The van der Waals surface area contributed by atoms with Crippen LogP contribution in [0, 0.1) is 10.1 Å². The van der Waals surface area contributed by atoms with E-state index in [9.17, 15) is 14.9 Å². The minimum Gasteiger partial charge on any atom is -0.291 e. The van der Waals surface area contributed by atoms with Crippen molar-refractivity contribution in [1.82, 2.24) is 0 Å². The normalized spacial score (nSPS) is 12.1. The number of rotatable bonds is 4. The summed E-state index contributed by atoms with van der Waals surface area (Å²) in [6.07, 6.45) is 2.14. The highest BCUT2D eigenvalue weighted by Gasteiger charge is 2.08. The van der Waals surface area contributed by atoms with Crippen molar-refractivity contribution in [3.63, 3.8) is 0 Å². The van der Waals surface area contributed by atoms with Crippen molar-refractivity contribution in [2.24, 2.45) is 0 Å². The van der Waals surface area contributed by atoms with E-state index in [1.165, 1.54) is 12.1 Å². The predicted octanol–water partition coefficient (Wildman–Crippen LogP) is 2.20. The van der Waals surface area contributed by atoms with Gasteiger partial charge in [-0.2, -0.15) is 0 Å². The summed E-state index contributed by atoms with van der Waals surface area (Å²) in [6.45, 7) is 1.88. The second-order valence-corrected chi connectivity index (χ2v) is 3.10. The molecule has 4 heteroatoms. The zero-order chi connectivity index (χ0) is 10.6. The molecule has 1 rings (SSSR count). The maximum Gasteiger partial charge on any atom is 0.269 e. The van der Waals surface area contributed by atoms with Gasteiger partial charge in [-0.15, -0.1) is 0 Å². The summed E-state index contributed by atoms with van der Waals surface area (Å²) in [5, 5.41) is 10.4. The fraction of sp³-hybridized carbons (Fsp3) is 0.300. The molecule has 0 aliphatic carbocycles. The fourth-order valence-corrected chi connectivity index (χ4v) is 1.17. The number of nitro benzene ring substituents is 1. The second kappa shape index (κ2) is 4.50. The molecule has 0 aliphatic rings. The number of nitrogens with zero attached hydrogens (tertiary/aromatic N) is 1. The van der Waals surface area contributed by atoms with Crippen LogP contribution in [0.4, 0.5) is 5.69 Å². The Balaban J connectivity index is 2.82. The van der Waals surface area contributed by atoms with E-state index in [2.05, 4.69) is 0 Å². The fourth-order valence-electron chi connectivity index (χ4n) is 1.17. The van der Waals surface area contributed by atoms with Gasteiger partial charge < -0.3 is 0 Å². The van der Waals surface area contributed by atoms with Crippen LogP contribution in [0.2, 0.25) is 0 Å². The number of non-ortho nitro benzene ring substituents is 1. The van der Waals surface area contributed by atoms with E-state index in [0.717, 1.165) is 5.56 Å². The van der Waals surface area contributed by atoms with E-state index < -0.39 is 4.92 Å². The molecule has 0 spiro atoms. The van der Waals surface area contributed by atoms with Crippen LogP contribution in [0.1, 0.15) is 24.8 Å². The van der Waals surface area contributed by atoms with Crippen molar-refractivity contribution in [2.45, 2.75) is 19.3 Å². The highest BCUT2D eigenvalue weighted by molar-refractivity contribution is 5.52. The molecule has 0 saturated heterocycles.